The van der Waals surface area contributed by atoms with Crippen LogP contribution in [0.2, 0.25) is 0 Å². The van der Waals surface area contributed by atoms with Crippen LogP contribution < -0.4 is 10.5 Å². The molecule has 2 heterocycles. The number of benzene rings is 1. The summed E-state index contributed by atoms with van der Waals surface area (Å²) in [5, 5.41) is 4.35. The van der Waals surface area contributed by atoms with Crippen LogP contribution in [-0.4, -0.2) is 72.1 Å². The molecule has 0 bridgehead atoms. The first-order valence-corrected chi connectivity index (χ1v) is 11.7. The van der Waals surface area contributed by atoms with Gasteiger partial charge in [-0.3, -0.25) is 9.59 Å². The minimum Gasteiger partial charge on any atom is -0.497 e. The maximum Gasteiger partial charge on any atom is 0.273 e. The average molecular weight is 493 g/mol. The molecule has 1 aromatic carbocycles. The molecule has 1 aliphatic rings. The quantitative estimate of drug-likeness (QED) is 0.382. The van der Waals surface area contributed by atoms with Gasteiger partial charge in [-0.15, -0.1) is 6.42 Å². The van der Waals surface area contributed by atoms with E-state index in [1.54, 1.807) is 49.3 Å². The highest BCUT2D eigenvalue weighted by Crippen LogP contribution is 2.31. The van der Waals surface area contributed by atoms with Crippen LogP contribution >= 0.6 is 0 Å². The smallest absolute Gasteiger partial charge is 0.273 e. The van der Waals surface area contributed by atoms with Gasteiger partial charge in [0.15, 0.2) is 5.69 Å². The molecule has 1 aliphatic heterocycles. The number of rotatable bonds is 11. The number of nitrogens with zero attached hydrogens (tertiary/aromatic N) is 3. The zero-order valence-corrected chi connectivity index (χ0v) is 21.1. The lowest BCUT2D eigenvalue weighted by Crippen LogP contribution is -2.53. The molecule has 3 rings (SSSR count). The summed E-state index contributed by atoms with van der Waals surface area (Å²) in [5.74, 6) is 2.23. The van der Waals surface area contributed by atoms with E-state index in [1.165, 1.54) is 4.68 Å². The van der Waals surface area contributed by atoms with E-state index in [1.807, 2.05) is 26.0 Å². The van der Waals surface area contributed by atoms with E-state index in [0.717, 1.165) is 5.57 Å². The van der Waals surface area contributed by atoms with E-state index in [9.17, 15) is 9.59 Å². The number of aromatic nitrogens is 2. The maximum atomic E-state index is 13.7. The molecule has 1 aromatic heterocycles. The SMILES string of the molecule is C#C/C=C(\C=C/CN(CC)C(=O)c1c(C)c(C(N)=O)nn1-c1ccc(OC)cc1)C1(OCC)COC1. The van der Waals surface area contributed by atoms with E-state index in [-0.39, 0.29) is 17.3 Å². The standard InChI is InChI=1S/C27H32N4O5/c1-6-10-20(27(36-8-3)17-35-18-27)11-9-16-30(7-2)26(33)24-19(4)23(25(28)32)29-31(24)21-12-14-22(34-5)15-13-21/h1,9-15H,7-8,16-18H2,2-5H3,(H2,28,32)/b11-9-,20-10+. The van der Waals surface area contributed by atoms with Crippen LogP contribution in [0.5, 0.6) is 5.75 Å². The van der Waals surface area contributed by atoms with Crippen LogP contribution in [0.25, 0.3) is 5.69 Å². The third kappa shape index (κ3) is 5.35. The van der Waals surface area contributed by atoms with E-state index in [0.29, 0.717) is 49.9 Å². The highest BCUT2D eigenvalue weighted by atomic mass is 16.6. The fourth-order valence-electron chi connectivity index (χ4n) is 4.02. The van der Waals surface area contributed by atoms with Crippen molar-refractivity contribution in [3.63, 3.8) is 0 Å². The molecule has 2 amide bonds. The van der Waals surface area contributed by atoms with Crippen LogP contribution in [-0.2, 0) is 9.47 Å². The molecule has 2 aromatic rings. The minimum absolute atomic E-state index is 0.0450. The van der Waals surface area contributed by atoms with Gasteiger partial charge in [-0.1, -0.05) is 18.1 Å². The number of allylic oxidation sites excluding steroid dienone is 1. The Labute approximate surface area is 211 Å². The largest absolute Gasteiger partial charge is 0.497 e. The number of nitrogens with two attached hydrogens (primary N) is 1. The number of terminal acetylenes is 1. The molecule has 2 N–H and O–H groups in total. The van der Waals surface area contributed by atoms with Crippen molar-refractivity contribution in [3.8, 4) is 23.8 Å². The second kappa shape index (κ2) is 11.7. The molecule has 190 valence electrons. The zero-order chi connectivity index (χ0) is 26.3. The molecule has 0 aliphatic carbocycles. The maximum absolute atomic E-state index is 13.7. The molecular formula is C27H32N4O5. The van der Waals surface area contributed by atoms with Gasteiger partial charge in [-0.05, 0) is 56.7 Å². The number of ether oxygens (including phenoxy) is 3. The van der Waals surface area contributed by atoms with Gasteiger partial charge >= 0.3 is 0 Å². The van der Waals surface area contributed by atoms with Gasteiger partial charge in [0.1, 0.15) is 17.0 Å². The Balaban J connectivity index is 1.91. The van der Waals surface area contributed by atoms with Gasteiger partial charge in [-0.2, -0.15) is 5.10 Å². The number of carbonyl (C=O) groups is 2. The Hall–Kier alpha value is -3.87. The van der Waals surface area contributed by atoms with Crippen molar-refractivity contribution in [2.45, 2.75) is 26.4 Å². The number of likely N-dealkylation sites (N-methyl/N-ethyl adjacent to an activating group) is 1. The van der Waals surface area contributed by atoms with E-state index < -0.39 is 11.5 Å². The van der Waals surface area contributed by atoms with Gasteiger partial charge in [0.2, 0.25) is 0 Å². The van der Waals surface area contributed by atoms with Crippen LogP contribution in [0.3, 0.4) is 0 Å². The topological polar surface area (TPSA) is 109 Å². The van der Waals surface area contributed by atoms with Crippen molar-refractivity contribution in [1.29, 1.82) is 0 Å². The highest BCUT2D eigenvalue weighted by molar-refractivity contribution is 6.00. The molecule has 1 saturated heterocycles. The number of primary amides is 1. The van der Waals surface area contributed by atoms with Crippen molar-refractivity contribution in [2.24, 2.45) is 5.73 Å². The lowest BCUT2D eigenvalue weighted by Gasteiger charge is -2.41. The lowest BCUT2D eigenvalue weighted by molar-refractivity contribution is -0.182. The summed E-state index contributed by atoms with van der Waals surface area (Å²) in [5.41, 5.74) is 7.11. The second-order valence-electron chi connectivity index (χ2n) is 8.23. The van der Waals surface area contributed by atoms with Gasteiger partial charge in [0, 0.05) is 25.3 Å². The zero-order valence-electron chi connectivity index (χ0n) is 21.1. The number of amides is 2. The molecule has 0 saturated carbocycles. The molecule has 9 nitrogen and oxygen atoms in total. The van der Waals surface area contributed by atoms with E-state index in [2.05, 4.69) is 11.0 Å². The third-order valence-electron chi connectivity index (χ3n) is 6.02. The molecule has 1 fully saturated rings. The summed E-state index contributed by atoms with van der Waals surface area (Å²) in [6.45, 7) is 7.56. The fraction of sp³-hybridized carbons (Fsp3) is 0.370. The van der Waals surface area contributed by atoms with Gasteiger partial charge < -0.3 is 24.8 Å². The van der Waals surface area contributed by atoms with Gasteiger partial charge in [0.05, 0.1) is 26.0 Å². The summed E-state index contributed by atoms with van der Waals surface area (Å²) in [6.07, 6.45) is 10.9. The van der Waals surface area contributed by atoms with Crippen LogP contribution in [0.1, 0.15) is 40.4 Å². The lowest BCUT2D eigenvalue weighted by atomic mass is 9.90. The molecule has 36 heavy (non-hydrogen) atoms. The van der Waals surface area contributed by atoms with E-state index in [4.69, 9.17) is 26.4 Å². The first-order valence-electron chi connectivity index (χ1n) is 11.7. The molecule has 0 atom stereocenters. The van der Waals surface area contributed by atoms with Crippen molar-refractivity contribution in [2.75, 3.05) is 40.0 Å². The Morgan fingerprint density at radius 3 is 2.50 bits per heavy atom. The Kier molecular flexibility index (Phi) is 8.69. The normalized spacial score (nSPS) is 14.8. The van der Waals surface area contributed by atoms with E-state index >= 15 is 0 Å². The number of methoxy groups -OCH3 is 1. The summed E-state index contributed by atoms with van der Waals surface area (Å²) in [7, 11) is 1.57. The molecule has 0 unspecified atom stereocenters. The summed E-state index contributed by atoms with van der Waals surface area (Å²) >= 11 is 0. The average Bonchev–Trinajstić information content (AvgIpc) is 3.20. The van der Waals surface area contributed by atoms with Gasteiger partial charge in [-0.25, -0.2) is 4.68 Å². The number of hydrogen-bond donors (Lipinski definition) is 1. The number of hydrogen-bond acceptors (Lipinski definition) is 6. The Morgan fingerprint density at radius 2 is 2.00 bits per heavy atom. The Morgan fingerprint density at radius 1 is 1.31 bits per heavy atom. The predicted molar refractivity (Wildman–Crippen MR) is 136 cm³/mol. The van der Waals surface area contributed by atoms with Gasteiger partial charge in [0.25, 0.3) is 11.8 Å². The summed E-state index contributed by atoms with van der Waals surface area (Å²) < 4.78 is 18.0. The third-order valence-corrected chi connectivity index (χ3v) is 6.02. The van der Waals surface area contributed by atoms with Crippen LogP contribution in [0.4, 0.5) is 0 Å². The molecule has 9 heteroatoms. The molecule has 0 spiro atoms. The summed E-state index contributed by atoms with van der Waals surface area (Å²) in [6, 6.07) is 7.02. The highest BCUT2D eigenvalue weighted by Gasteiger charge is 2.42. The molecule has 0 radical (unpaired) electrons. The minimum atomic E-state index is -0.704. The van der Waals surface area contributed by atoms with Crippen LogP contribution in [0, 0.1) is 19.3 Å². The van der Waals surface area contributed by atoms with Crippen molar-refractivity contribution in [1.82, 2.24) is 14.7 Å². The second-order valence-corrected chi connectivity index (χ2v) is 8.23. The summed E-state index contributed by atoms with van der Waals surface area (Å²) in [4.78, 5) is 27.3. The first-order chi connectivity index (χ1) is 17.3. The fourth-order valence-corrected chi connectivity index (χ4v) is 4.02. The van der Waals surface area contributed by atoms with Crippen molar-refractivity contribution in [3.05, 3.63) is 65.0 Å². The molecular weight excluding hydrogens is 460 g/mol. The monoisotopic (exact) mass is 492 g/mol. The Bertz CT molecular complexity index is 1200. The predicted octanol–water partition coefficient (Wildman–Crippen LogP) is 2.67. The first kappa shape index (κ1) is 26.7. The van der Waals surface area contributed by atoms with Crippen molar-refractivity contribution >= 4 is 11.8 Å². The van der Waals surface area contributed by atoms with Crippen LogP contribution in [0.15, 0.2) is 48.1 Å². The van der Waals surface area contributed by atoms with Crippen molar-refractivity contribution < 1.29 is 23.8 Å². The number of carbonyl (C=O) groups excluding carboxylic acids is 2.